The van der Waals surface area contributed by atoms with E-state index in [9.17, 15) is 0 Å². The predicted molar refractivity (Wildman–Crippen MR) is 138 cm³/mol. The largest absolute Gasteiger partial charge is 0.405 e. The number of ether oxygens (including phenoxy) is 2. The Hall–Kier alpha value is -5.64. The van der Waals surface area contributed by atoms with Gasteiger partial charge in [0.25, 0.3) is 0 Å². The van der Waals surface area contributed by atoms with Crippen LogP contribution < -0.4 is 9.47 Å². The molecular weight excluding hydrogens is 480 g/mol. The molecule has 4 aromatic heterocycles. The Morgan fingerprint density at radius 2 is 0.868 bits per heavy atom. The molecule has 2 aromatic carbocycles. The Labute approximate surface area is 217 Å². The van der Waals surface area contributed by atoms with E-state index in [0.29, 0.717) is 23.4 Å². The van der Waals surface area contributed by atoms with Crippen LogP contribution in [0.3, 0.4) is 0 Å². The van der Waals surface area contributed by atoms with Crippen molar-refractivity contribution in [1.29, 1.82) is 0 Å². The van der Waals surface area contributed by atoms with Crippen molar-refractivity contribution >= 4 is 0 Å². The van der Waals surface area contributed by atoms with Gasteiger partial charge in [0.1, 0.15) is 12.7 Å². The van der Waals surface area contributed by atoms with Crippen molar-refractivity contribution in [3.8, 4) is 57.7 Å². The van der Waals surface area contributed by atoms with Crippen molar-refractivity contribution in [2.24, 2.45) is 0 Å². The molecule has 0 aliphatic carbocycles. The van der Waals surface area contributed by atoms with Gasteiger partial charge in [-0.2, -0.15) is 19.9 Å². The summed E-state index contributed by atoms with van der Waals surface area (Å²) < 4.78 is 11.7. The summed E-state index contributed by atoms with van der Waals surface area (Å²) >= 11 is 0. The fourth-order valence-corrected chi connectivity index (χ4v) is 3.59. The molecule has 0 amide bonds. The van der Waals surface area contributed by atoms with Gasteiger partial charge in [0.15, 0.2) is 11.6 Å². The zero-order valence-corrected chi connectivity index (χ0v) is 19.8. The average Bonchev–Trinajstić information content (AvgIpc) is 2.99. The first-order chi connectivity index (χ1) is 18.8. The first kappa shape index (κ1) is 22.8. The Kier molecular flexibility index (Phi) is 6.33. The lowest BCUT2D eigenvalue weighted by Gasteiger charge is -2.08. The molecule has 0 saturated heterocycles. The average molecular weight is 499 g/mol. The fourth-order valence-electron chi connectivity index (χ4n) is 3.59. The van der Waals surface area contributed by atoms with Crippen molar-refractivity contribution < 1.29 is 9.47 Å². The van der Waals surface area contributed by atoms with Crippen LogP contribution in [-0.2, 0) is 0 Å². The summed E-state index contributed by atoms with van der Waals surface area (Å²) in [5.74, 6) is 1.68. The molecule has 0 bridgehead atoms. The molecule has 0 atom stereocenters. The lowest BCUT2D eigenvalue weighted by atomic mass is 10.1. The van der Waals surface area contributed by atoms with Crippen LogP contribution in [0.15, 0.2) is 110 Å². The number of hydrogen-bond donors (Lipinski definition) is 0. The molecule has 0 fully saturated rings. The van der Waals surface area contributed by atoms with E-state index in [2.05, 4.69) is 39.9 Å². The number of benzene rings is 2. The molecule has 38 heavy (non-hydrogen) atoms. The van der Waals surface area contributed by atoms with E-state index in [0.717, 1.165) is 22.3 Å². The van der Waals surface area contributed by atoms with Crippen molar-refractivity contribution in [2.75, 3.05) is 0 Å². The van der Waals surface area contributed by atoms with Gasteiger partial charge in [-0.1, -0.05) is 60.7 Å². The van der Waals surface area contributed by atoms with Crippen molar-refractivity contribution in [2.45, 2.75) is 0 Å². The maximum absolute atomic E-state index is 5.84. The van der Waals surface area contributed by atoms with E-state index >= 15 is 0 Å². The van der Waals surface area contributed by atoms with Crippen LogP contribution in [0.25, 0.3) is 33.9 Å². The minimum absolute atomic E-state index is 0.145. The summed E-state index contributed by atoms with van der Waals surface area (Å²) in [5.41, 5.74) is 3.39. The molecule has 0 radical (unpaired) electrons. The zero-order valence-electron chi connectivity index (χ0n) is 19.8. The van der Waals surface area contributed by atoms with Crippen molar-refractivity contribution in [3.63, 3.8) is 0 Å². The summed E-state index contributed by atoms with van der Waals surface area (Å²) in [5, 5.41) is 0. The van der Waals surface area contributed by atoms with Gasteiger partial charge < -0.3 is 9.47 Å². The minimum Gasteiger partial charge on any atom is -0.405 e. The third kappa shape index (κ3) is 5.29. The molecule has 0 N–H and O–H groups in total. The van der Waals surface area contributed by atoms with Gasteiger partial charge in [-0.3, -0.25) is 0 Å². The van der Waals surface area contributed by atoms with E-state index in [-0.39, 0.29) is 12.0 Å². The van der Waals surface area contributed by atoms with E-state index in [1.807, 2.05) is 72.8 Å². The second kappa shape index (κ2) is 10.5. The Bertz CT molecular complexity index is 1560. The normalized spacial score (nSPS) is 10.6. The number of nitrogens with zero attached hydrogens (tertiary/aromatic N) is 8. The topological polar surface area (TPSA) is 122 Å². The van der Waals surface area contributed by atoms with Gasteiger partial charge >= 0.3 is 12.0 Å². The van der Waals surface area contributed by atoms with Crippen LogP contribution in [0.4, 0.5) is 0 Å². The van der Waals surface area contributed by atoms with E-state index in [4.69, 9.17) is 9.47 Å². The summed E-state index contributed by atoms with van der Waals surface area (Å²) in [6.45, 7) is 0. The minimum atomic E-state index is 0.145. The highest BCUT2D eigenvalue weighted by Gasteiger charge is 2.10. The highest BCUT2D eigenvalue weighted by molar-refractivity contribution is 5.65. The van der Waals surface area contributed by atoms with Crippen LogP contribution >= 0.6 is 0 Å². The maximum Gasteiger partial charge on any atom is 0.326 e. The lowest BCUT2D eigenvalue weighted by Crippen LogP contribution is -1.98. The van der Waals surface area contributed by atoms with Gasteiger partial charge in [-0.25, -0.2) is 19.9 Å². The summed E-state index contributed by atoms with van der Waals surface area (Å²) in [6, 6.07) is 26.7. The Morgan fingerprint density at radius 3 is 1.32 bits per heavy atom. The van der Waals surface area contributed by atoms with Gasteiger partial charge in [-0.05, 0) is 23.3 Å². The quantitative estimate of drug-likeness (QED) is 0.281. The smallest absolute Gasteiger partial charge is 0.326 e. The standard InChI is InChI=1S/C28H18N8O2/c1-3-7-19(8-4-1)25-31-17-33-27(35-25)37-23-15-21(11-13-29-23)22-12-14-30-24(16-22)38-28-34-18-32-26(36-28)20-9-5-2-6-10-20/h1-18H. The SMILES string of the molecule is c1ccc(-c2ncnc(Oc3cc(-c4ccnc(Oc5ncnc(-c6ccccc6)n5)c4)ccn3)n2)cc1. The van der Waals surface area contributed by atoms with Crippen LogP contribution in [-0.4, -0.2) is 39.9 Å². The highest BCUT2D eigenvalue weighted by Crippen LogP contribution is 2.28. The van der Waals surface area contributed by atoms with Gasteiger partial charge in [0.05, 0.1) is 0 Å². The number of aromatic nitrogens is 8. The third-order valence-electron chi connectivity index (χ3n) is 5.36. The van der Waals surface area contributed by atoms with Crippen LogP contribution in [0, 0.1) is 0 Å². The molecular formula is C28H18N8O2. The fraction of sp³-hybridized carbons (Fsp3) is 0. The number of rotatable bonds is 7. The molecule has 0 aliphatic rings. The monoisotopic (exact) mass is 498 g/mol. The molecule has 182 valence electrons. The first-order valence-electron chi connectivity index (χ1n) is 11.6. The highest BCUT2D eigenvalue weighted by atomic mass is 16.5. The molecule has 0 aliphatic heterocycles. The molecule has 0 spiro atoms. The number of hydrogen-bond acceptors (Lipinski definition) is 10. The van der Waals surface area contributed by atoms with E-state index < -0.39 is 0 Å². The lowest BCUT2D eigenvalue weighted by molar-refractivity contribution is 0.422. The van der Waals surface area contributed by atoms with Crippen LogP contribution in [0.2, 0.25) is 0 Å². The zero-order chi connectivity index (χ0) is 25.6. The predicted octanol–water partition coefficient (Wildman–Crippen LogP) is 5.43. The molecule has 6 rings (SSSR count). The third-order valence-corrected chi connectivity index (χ3v) is 5.36. The first-order valence-corrected chi connectivity index (χ1v) is 11.6. The van der Waals surface area contributed by atoms with Gasteiger partial charge in [0, 0.05) is 35.7 Å². The Morgan fingerprint density at radius 1 is 0.421 bits per heavy atom. The molecule has 0 unspecified atom stereocenters. The van der Waals surface area contributed by atoms with Gasteiger partial charge in [-0.15, -0.1) is 0 Å². The van der Waals surface area contributed by atoms with Crippen molar-refractivity contribution in [3.05, 3.63) is 110 Å². The summed E-state index contributed by atoms with van der Waals surface area (Å²) in [7, 11) is 0. The van der Waals surface area contributed by atoms with Crippen LogP contribution in [0.1, 0.15) is 0 Å². The second-order valence-electron chi connectivity index (χ2n) is 7.88. The molecule has 10 heteroatoms. The second-order valence-corrected chi connectivity index (χ2v) is 7.88. The summed E-state index contributed by atoms with van der Waals surface area (Å²) in [6.07, 6.45) is 6.10. The maximum atomic E-state index is 5.84. The molecule has 0 saturated carbocycles. The molecule has 10 nitrogen and oxygen atoms in total. The van der Waals surface area contributed by atoms with Crippen LogP contribution in [0.5, 0.6) is 23.8 Å². The van der Waals surface area contributed by atoms with E-state index in [1.54, 1.807) is 24.5 Å². The summed E-state index contributed by atoms with van der Waals surface area (Å²) in [4.78, 5) is 34.1. The van der Waals surface area contributed by atoms with E-state index in [1.165, 1.54) is 12.7 Å². The van der Waals surface area contributed by atoms with Gasteiger partial charge in [0.2, 0.25) is 11.8 Å². The Balaban J connectivity index is 1.21. The molecule has 6 aromatic rings. The van der Waals surface area contributed by atoms with Crippen molar-refractivity contribution in [1.82, 2.24) is 39.9 Å². The number of pyridine rings is 2. The molecule has 4 heterocycles.